The molecule has 0 aromatic heterocycles. The van der Waals surface area contributed by atoms with Gasteiger partial charge in [0.15, 0.2) is 5.96 Å². The van der Waals surface area contributed by atoms with Crippen LogP contribution in [0.4, 0.5) is 10.5 Å². The number of carbonyl (C=O) groups is 1. The highest BCUT2D eigenvalue weighted by Crippen LogP contribution is 2.19. The SMILES string of the molecule is CCNC(=NCCC1CCN(C)CC1)NCCc1ccc(NC(=O)OC(C)(C)C)cc1.I. The van der Waals surface area contributed by atoms with E-state index in [1.54, 1.807) is 0 Å². The first-order chi connectivity index (χ1) is 14.7. The van der Waals surface area contributed by atoms with Gasteiger partial charge in [-0.3, -0.25) is 10.3 Å². The van der Waals surface area contributed by atoms with Crippen LogP contribution >= 0.6 is 24.0 Å². The molecule has 1 aliphatic rings. The maximum Gasteiger partial charge on any atom is 0.412 e. The van der Waals surface area contributed by atoms with Crippen LogP contribution in [0.5, 0.6) is 0 Å². The molecule has 32 heavy (non-hydrogen) atoms. The van der Waals surface area contributed by atoms with Crippen molar-refractivity contribution in [2.24, 2.45) is 10.9 Å². The van der Waals surface area contributed by atoms with E-state index in [1.807, 2.05) is 45.0 Å². The summed E-state index contributed by atoms with van der Waals surface area (Å²) >= 11 is 0. The van der Waals surface area contributed by atoms with Crippen molar-refractivity contribution in [2.75, 3.05) is 45.1 Å². The molecule has 182 valence electrons. The van der Waals surface area contributed by atoms with Gasteiger partial charge in [-0.2, -0.15) is 0 Å². The fourth-order valence-electron chi connectivity index (χ4n) is 3.55. The molecule has 0 radical (unpaired) electrons. The fourth-order valence-corrected chi connectivity index (χ4v) is 3.55. The molecule has 0 aliphatic carbocycles. The minimum atomic E-state index is -0.505. The molecule has 1 aromatic carbocycles. The number of aliphatic imine (C=N–C) groups is 1. The van der Waals surface area contributed by atoms with Gasteiger partial charge in [-0.1, -0.05) is 12.1 Å². The van der Waals surface area contributed by atoms with Gasteiger partial charge in [-0.15, -0.1) is 24.0 Å². The Bertz CT molecular complexity index is 695. The summed E-state index contributed by atoms with van der Waals surface area (Å²) in [7, 11) is 2.20. The highest BCUT2D eigenvalue weighted by atomic mass is 127. The third-order valence-electron chi connectivity index (χ3n) is 5.29. The molecule has 1 saturated heterocycles. The molecule has 1 heterocycles. The molecular formula is C24H42IN5O2. The van der Waals surface area contributed by atoms with Gasteiger partial charge in [-0.25, -0.2) is 4.79 Å². The molecule has 2 rings (SSSR count). The largest absolute Gasteiger partial charge is 0.444 e. The van der Waals surface area contributed by atoms with Crippen LogP contribution in [-0.4, -0.2) is 62.3 Å². The smallest absolute Gasteiger partial charge is 0.412 e. The van der Waals surface area contributed by atoms with Gasteiger partial charge >= 0.3 is 6.09 Å². The second-order valence-corrected chi connectivity index (χ2v) is 9.30. The van der Waals surface area contributed by atoms with Gasteiger partial charge in [0, 0.05) is 25.3 Å². The Morgan fingerprint density at radius 2 is 1.81 bits per heavy atom. The van der Waals surface area contributed by atoms with Crippen molar-refractivity contribution in [3.05, 3.63) is 29.8 Å². The Morgan fingerprint density at radius 1 is 1.16 bits per heavy atom. The topological polar surface area (TPSA) is 78.0 Å². The highest BCUT2D eigenvalue weighted by Gasteiger charge is 2.17. The summed E-state index contributed by atoms with van der Waals surface area (Å²) in [5.41, 5.74) is 1.42. The number of ether oxygens (including phenoxy) is 1. The number of benzene rings is 1. The Morgan fingerprint density at radius 3 is 2.41 bits per heavy atom. The van der Waals surface area contributed by atoms with E-state index in [1.165, 1.54) is 31.5 Å². The Balaban J connectivity index is 0.00000512. The number of piperidine rings is 1. The van der Waals surface area contributed by atoms with Crippen molar-refractivity contribution < 1.29 is 9.53 Å². The summed E-state index contributed by atoms with van der Waals surface area (Å²) in [5.74, 6) is 1.69. The molecule has 0 saturated carbocycles. The quantitative estimate of drug-likeness (QED) is 0.249. The summed E-state index contributed by atoms with van der Waals surface area (Å²) in [6.45, 7) is 12.6. The first kappa shape index (κ1) is 28.5. The second kappa shape index (κ2) is 14.6. The monoisotopic (exact) mass is 559 g/mol. The van der Waals surface area contributed by atoms with E-state index in [0.29, 0.717) is 0 Å². The van der Waals surface area contributed by atoms with Crippen molar-refractivity contribution in [2.45, 2.75) is 59.0 Å². The van der Waals surface area contributed by atoms with Crippen LogP contribution in [0, 0.1) is 5.92 Å². The summed E-state index contributed by atoms with van der Waals surface area (Å²) < 4.78 is 5.28. The lowest BCUT2D eigenvalue weighted by molar-refractivity contribution is 0.0636. The minimum Gasteiger partial charge on any atom is -0.444 e. The van der Waals surface area contributed by atoms with Gasteiger partial charge in [-0.05, 0) is 97.1 Å². The van der Waals surface area contributed by atoms with E-state index in [9.17, 15) is 4.79 Å². The summed E-state index contributed by atoms with van der Waals surface area (Å²) in [6.07, 6.45) is 4.18. The number of rotatable bonds is 8. The van der Waals surface area contributed by atoms with E-state index >= 15 is 0 Å². The molecule has 3 N–H and O–H groups in total. The first-order valence-corrected chi connectivity index (χ1v) is 11.5. The van der Waals surface area contributed by atoms with Crippen LogP contribution in [-0.2, 0) is 11.2 Å². The number of anilines is 1. The van der Waals surface area contributed by atoms with Crippen LogP contribution in [0.15, 0.2) is 29.3 Å². The Labute approximate surface area is 211 Å². The van der Waals surface area contributed by atoms with E-state index in [-0.39, 0.29) is 24.0 Å². The van der Waals surface area contributed by atoms with Crippen LogP contribution in [0.1, 0.15) is 52.5 Å². The number of halogens is 1. The molecule has 0 unspecified atom stereocenters. The molecule has 0 atom stereocenters. The van der Waals surface area contributed by atoms with Crippen LogP contribution in [0.3, 0.4) is 0 Å². The van der Waals surface area contributed by atoms with Crippen LogP contribution < -0.4 is 16.0 Å². The van der Waals surface area contributed by atoms with Crippen LogP contribution in [0.25, 0.3) is 0 Å². The average molecular weight is 560 g/mol. The van der Waals surface area contributed by atoms with Crippen molar-refractivity contribution >= 4 is 41.7 Å². The third-order valence-corrected chi connectivity index (χ3v) is 5.29. The van der Waals surface area contributed by atoms with E-state index in [2.05, 4.69) is 34.8 Å². The van der Waals surface area contributed by atoms with Gasteiger partial charge in [0.2, 0.25) is 0 Å². The molecule has 7 nitrogen and oxygen atoms in total. The fraction of sp³-hybridized carbons (Fsp3) is 0.667. The normalized spacial score (nSPS) is 15.6. The zero-order chi connectivity index (χ0) is 22.7. The summed E-state index contributed by atoms with van der Waals surface area (Å²) in [6, 6.07) is 7.86. The van der Waals surface area contributed by atoms with Gasteiger partial charge in [0.05, 0.1) is 0 Å². The van der Waals surface area contributed by atoms with E-state index < -0.39 is 11.7 Å². The number of nitrogens with zero attached hydrogens (tertiary/aromatic N) is 2. The number of likely N-dealkylation sites (tertiary alicyclic amines) is 1. The molecule has 8 heteroatoms. The zero-order valence-corrected chi connectivity index (χ0v) is 22.7. The molecule has 1 aromatic rings. The predicted octanol–water partition coefficient (Wildman–Crippen LogP) is 4.48. The third kappa shape index (κ3) is 11.9. The van der Waals surface area contributed by atoms with Gasteiger partial charge in [0.1, 0.15) is 5.60 Å². The molecule has 1 aliphatic heterocycles. The van der Waals surface area contributed by atoms with Crippen molar-refractivity contribution in [1.82, 2.24) is 15.5 Å². The number of nitrogens with one attached hydrogen (secondary N) is 3. The Kier molecular flexibility index (Phi) is 13.0. The number of hydrogen-bond acceptors (Lipinski definition) is 4. The Hall–Kier alpha value is -1.55. The van der Waals surface area contributed by atoms with E-state index in [4.69, 9.17) is 9.73 Å². The zero-order valence-electron chi connectivity index (χ0n) is 20.4. The molecule has 0 bridgehead atoms. The first-order valence-electron chi connectivity index (χ1n) is 11.5. The lowest BCUT2D eigenvalue weighted by Crippen LogP contribution is -2.38. The maximum atomic E-state index is 11.9. The second-order valence-electron chi connectivity index (χ2n) is 9.30. The van der Waals surface area contributed by atoms with Gasteiger partial charge in [0.25, 0.3) is 0 Å². The molecule has 0 spiro atoms. The predicted molar refractivity (Wildman–Crippen MR) is 144 cm³/mol. The number of amides is 1. The average Bonchev–Trinajstić information content (AvgIpc) is 2.69. The van der Waals surface area contributed by atoms with E-state index in [0.717, 1.165) is 50.0 Å². The molecular weight excluding hydrogens is 517 g/mol. The lowest BCUT2D eigenvalue weighted by Gasteiger charge is -2.28. The molecule has 1 fully saturated rings. The van der Waals surface area contributed by atoms with Crippen molar-refractivity contribution in [1.29, 1.82) is 0 Å². The summed E-state index contributed by atoms with van der Waals surface area (Å²) in [4.78, 5) is 19.0. The highest BCUT2D eigenvalue weighted by molar-refractivity contribution is 14.0. The lowest BCUT2D eigenvalue weighted by atomic mass is 9.94. The van der Waals surface area contributed by atoms with Crippen molar-refractivity contribution in [3.8, 4) is 0 Å². The standard InChI is InChI=1S/C24H41N5O2.HI/c1-6-25-22(27-16-12-20-13-17-29(5)18-14-20)26-15-11-19-7-9-21(10-8-19)28-23(30)31-24(2,3)4;/h7-10,20H,6,11-18H2,1-5H3,(H,28,30)(H2,25,26,27);1H. The minimum absolute atomic E-state index is 0. The molecule has 1 amide bonds. The van der Waals surface area contributed by atoms with Crippen LogP contribution in [0.2, 0.25) is 0 Å². The number of carbonyl (C=O) groups excluding carboxylic acids is 1. The maximum absolute atomic E-state index is 11.9. The summed E-state index contributed by atoms with van der Waals surface area (Å²) in [5, 5.41) is 9.52. The van der Waals surface area contributed by atoms with Crippen molar-refractivity contribution in [3.63, 3.8) is 0 Å². The number of guanidine groups is 1. The van der Waals surface area contributed by atoms with Gasteiger partial charge < -0.3 is 20.3 Å². The number of hydrogen-bond donors (Lipinski definition) is 3.